The van der Waals surface area contributed by atoms with E-state index in [9.17, 15) is 8.78 Å². The van der Waals surface area contributed by atoms with E-state index in [0.717, 1.165) is 12.0 Å². The highest BCUT2D eigenvalue weighted by Crippen LogP contribution is 2.27. The lowest BCUT2D eigenvalue weighted by Gasteiger charge is -2.17. The summed E-state index contributed by atoms with van der Waals surface area (Å²) < 4.78 is 27.1. The van der Waals surface area contributed by atoms with Crippen molar-refractivity contribution in [3.63, 3.8) is 0 Å². The lowest BCUT2D eigenvalue weighted by Crippen LogP contribution is -2.31. The molecule has 0 spiro atoms. The summed E-state index contributed by atoms with van der Waals surface area (Å²) in [7, 11) is 0. The second-order valence-corrected chi connectivity index (χ2v) is 3.75. The zero-order valence-electron chi connectivity index (χ0n) is 9.19. The normalized spacial score (nSPS) is 11.7. The molecule has 0 saturated heterocycles. The molecule has 15 heavy (non-hydrogen) atoms. The molecule has 0 saturated carbocycles. The quantitative estimate of drug-likeness (QED) is 0.741. The number of rotatable bonds is 5. The van der Waals surface area contributed by atoms with Crippen molar-refractivity contribution in [1.29, 1.82) is 0 Å². The Kier molecular flexibility index (Phi) is 4.21. The van der Waals surface area contributed by atoms with Crippen LogP contribution in [0.15, 0.2) is 24.3 Å². The molecule has 1 rings (SSSR count). The standard InChI is InChI=1S/C12H17F2N/c1-3-8-15-9-12(13,14)11-6-4-10(2)5-7-11/h4-7,15H,3,8-9H2,1-2H3. The summed E-state index contributed by atoms with van der Waals surface area (Å²) in [6.45, 7) is 4.18. The summed E-state index contributed by atoms with van der Waals surface area (Å²) in [5, 5.41) is 2.74. The van der Waals surface area contributed by atoms with Gasteiger partial charge in [-0.2, -0.15) is 8.78 Å². The second kappa shape index (κ2) is 5.21. The van der Waals surface area contributed by atoms with Crippen LogP contribution in [0.4, 0.5) is 8.78 Å². The summed E-state index contributed by atoms with van der Waals surface area (Å²) in [5.74, 6) is -2.77. The molecule has 0 atom stereocenters. The van der Waals surface area contributed by atoms with Crippen molar-refractivity contribution in [1.82, 2.24) is 5.32 Å². The van der Waals surface area contributed by atoms with Gasteiger partial charge in [-0.1, -0.05) is 36.8 Å². The molecular formula is C12H17F2N. The van der Waals surface area contributed by atoms with Crippen LogP contribution in [-0.4, -0.2) is 13.1 Å². The maximum Gasteiger partial charge on any atom is 0.285 e. The van der Waals surface area contributed by atoms with Crippen molar-refractivity contribution in [2.75, 3.05) is 13.1 Å². The van der Waals surface area contributed by atoms with Gasteiger partial charge in [0.25, 0.3) is 5.92 Å². The lowest BCUT2D eigenvalue weighted by molar-refractivity contribution is -0.00291. The molecule has 84 valence electrons. The SMILES string of the molecule is CCCNCC(F)(F)c1ccc(C)cc1. The van der Waals surface area contributed by atoms with Crippen LogP contribution in [0.1, 0.15) is 24.5 Å². The zero-order valence-corrected chi connectivity index (χ0v) is 9.19. The fourth-order valence-electron chi connectivity index (χ4n) is 1.32. The van der Waals surface area contributed by atoms with Crippen LogP contribution in [0.25, 0.3) is 0 Å². The molecule has 0 fully saturated rings. The third kappa shape index (κ3) is 3.59. The molecule has 0 unspecified atom stereocenters. The van der Waals surface area contributed by atoms with E-state index in [1.807, 2.05) is 13.8 Å². The Labute approximate surface area is 89.5 Å². The number of nitrogens with one attached hydrogen (secondary N) is 1. The van der Waals surface area contributed by atoms with E-state index in [1.165, 1.54) is 12.1 Å². The molecule has 0 amide bonds. The minimum Gasteiger partial charge on any atom is -0.311 e. The van der Waals surface area contributed by atoms with E-state index in [0.29, 0.717) is 6.54 Å². The number of halogens is 2. The van der Waals surface area contributed by atoms with Crippen LogP contribution in [0.3, 0.4) is 0 Å². The van der Waals surface area contributed by atoms with E-state index < -0.39 is 5.92 Å². The third-order valence-electron chi connectivity index (χ3n) is 2.25. The molecular weight excluding hydrogens is 196 g/mol. The zero-order chi connectivity index (χ0) is 11.3. The summed E-state index contributed by atoms with van der Waals surface area (Å²) in [6, 6.07) is 6.40. The number of alkyl halides is 2. The highest BCUT2D eigenvalue weighted by Gasteiger charge is 2.30. The Balaban J connectivity index is 2.63. The van der Waals surface area contributed by atoms with Gasteiger partial charge in [-0.25, -0.2) is 0 Å². The van der Waals surface area contributed by atoms with Gasteiger partial charge < -0.3 is 5.32 Å². The van der Waals surface area contributed by atoms with Gasteiger partial charge in [0, 0.05) is 5.56 Å². The first kappa shape index (κ1) is 12.1. The van der Waals surface area contributed by atoms with Crippen LogP contribution in [0.5, 0.6) is 0 Å². The Hall–Kier alpha value is -0.960. The van der Waals surface area contributed by atoms with Crippen molar-refractivity contribution in [2.24, 2.45) is 0 Å². The van der Waals surface area contributed by atoms with Gasteiger partial charge in [-0.05, 0) is 19.9 Å². The first-order valence-electron chi connectivity index (χ1n) is 5.22. The summed E-state index contributed by atoms with van der Waals surface area (Å²) in [6.07, 6.45) is 0.865. The molecule has 0 bridgehead atoms. The molecule has 0 aliphatic heterocycles. The number of aryl methyl sites for hydroxylation is 1. The minimum absolute atomic E-state index is 0.0803. The molecule has 1 aromatic carbocycles. The first-order chi connectivity index (χ1) is 7.06. The molecule has 0 radical (unpaired) electrons. The smallest absolute Gasteiger partial charge is 0.285 e. The van der Waals surface area contributed by atoms with Gasteiger partial charge in [0.15, 0.2) is 0 Å². The number of hydrogen-bond donors (Lipinski definition) is 1. The first-order valence-corrected chi connectivity index (χ1v) is 5.22. The van der Waals surface area contributed by atoms with Crippen molar-refractivity contribution >= 4 is 0 Å². The highest BCUT2D eigenvalue weighted by molar-refractivity contribution is 5.25. The van der Waals surface area contributed by atoms with Crippen LogP contribution < -0.4 is 5.32 Å². The van der Waals surface area contributed by atoms with Gasteiger partial charge in [-0.15, -0.1) is 0 Å². The summed E-state index contributed by atoms with van der Waals surface area (Å²) in [4.78, 5) is 0. The molecule has 0 aliphatic carbocycles. The van der Waals surface area contributed by atoms with E-state index >= 15 is 0 Å². The fraction of sp³-hybridized carbons (Fsp3) is 0.500. The third-order valence-corrected chi connectivity index (χ3v) is 2.25. The van der Waals surface area contributed by atoms with Gasteiger partial charge >= 0.3 is 0 Å². The van der Waals surface area contributed by atoms with Crippen LogP contribution in [-0.2, 0) is 5.92 Å². The van der Waals surface area contributed by atoms with Crippen molar-refractivity contribution < 1.29 is 8.78 Å². The average Bonchev–Trinajstić information content (AvgIpc) is 2.18. The Morgan fingerprint density at radius 2 is 1.80 bits per heavy atom. The predicted molar refractivity (Wildman–Crippen MR) is 58.2 cm³/mol. The Bertz CT molecular complexity index is 293. The van der Waals surface area contributed by atoms with E-state index in [1.54, 1.807) is 12.1 Å². The fourth-order valence-corrected chi connectivity index (χ4v) is 1.32. The Morgan fingerprint density at radius 3 is 2.33 bits per heavy atom. The van der Waals surface area contributed by atoms with Gasteiger partial charge in [0.05, 0.1) is 6.54 Å². The maximum atomic E-state index is 13.5. The highest BCUT2D eigenvalue weighted by atomic mass is 19.3. The summed E-state index contributed by atoms with van der Waals surface area (Å²) in [5.41, 5.74) is 1.08. The molecule has 1 nitrogen and oxygen atoms in total. The van der Waals surface area contributed by atoms with E-state index in [2.05, 4.69) is 5.32 Å². The van der Waals surface area contributed by atoms with Crippen LogP contribution in [0.2, 0.25) is 0 Å². The maximum absolute atomic E-state index is 13.5. The molecule has 1 aromatic rings. The minimum atomic E-state index is -2.77. The molecule has 0 aliphatic rings. The van der Waals surface area contributed by atoms with Gasteiger partial charge in [-0.3, -0.25) is 0 Å². The van der Waals surface area contributed by atoms with Crippen molar-refractivity contribution in [3.05, 3.63) is 35.4 Å². The van der Waals surface area contributed by atoms with Gasteiger partial charge in [0.2, 0.25) is 0 Å². The van der Waals surface area contributed by atoms with E-state index in [-0.39, 0.29) is 12.1 Å². The molecule has 1 N–H and O–H groups in total. The van der Waals surface area contributed by atoms with Crippen molar-refractivity contribution in [2.45, 2.75) is 26.2 Å². The van der Waals surface area contributed by atoms with Crippen LogP contribution >= 0.6 is 0 Å². The topological polar surface area (TPSA) is 12.0 Å². The van der Waals surface area contributed by atoms with Gasteiger partial charge in [0.1, 0.15) is 0 Å². The lowest BCUT2D eigenvalue weighted by atomic mass is 10.1. The number of benzene rings is 1. The average molecular weight is 213 g/mol. The number of hydrogen-bond acceptors (Lipinski definition) is 1. The molecule has 0 aromatic heterocycles. The molecule has 3 heteroatoms. The summed E-state index contributed by atoms with van der Waals surface area (Å²) >= 11 is 0. The monoisotopic (exact) mass is 213 g/mol. The van der Waals surface area contributed by atoms with Crippen molar-refractivity contribution in [3.8, 4) is 0 Å². The largest absolute Gasteiger partial charge is 0.311 e. The van der Waals surface area contributed by atoms with Crippen LogP contribution in [0, 0.1) is 6.92 Å². The van der Waals surface area contributed by atoms with E-state index in [4.69, 9.17) is 0 Å². The predicted octanol–water partition coefficient (Wildman–Crippen LogP) is 3.09. The Morgan fingerprint density at radius 1 is 1.20 bits per heavy atom. The second-order valence-electron chi connectivity index (χ2n) is 3.75. The molecule has 0 heterocycles.